The van der Waals surface area contributed by atoms with Gasteiger partial charge in [0.05, 0.1) is 21.1 Å². The monoisotopic (exact) mass is 445 g/mol. The van der Waals surface area contributed by atoms with Gasteiger partial charge in [0.25, 0.3) is 0 Å². The van der Waals surface area contributed by atoms with Gasteiger partial charge in [-0.3, -0.25) is 4.79 Å². The molecule has 162 valence electrons. The van der Waals surface area contributed by atoms with E-state index in [1.54, 1.807) is 25.3 Å². The highest BCUT2D eigenvalue weighted by molar-refractivity contribution is 7.95. The quantitative estimate of drug-likeness (QED) is 0.586. The summed E-state index contributed by atoms with van der Waals surface area (Å²) in [6.07, 6.45) is 6.00. The molecular weight excluding hydrogens is 414 g/mol. The fourth-order valence-corrected chi connectivity index (χ4v) is 7.36. The average Bonchev–Trinajstić information content (AvgIpc) is 3.16. The molecule has 1 fully saturated rings. The number of hydrogen-bond acceptors (Lipinski definition) is 5. The number of ketones is 1. The maximum atomic E-state index is 13.1. The van der Waals surface area contributed by atoms with E-state index in [0.717, 1.165) is 24.8 Å². The third-order valence-electron chi connectivity index (χ3n) is 6.60. The molecule has 4 nitrogen and oxygen atoms in total. The predicted molar refractivity (Wildman–Crippen MR) is 122 cm³/mol. The number of carbonyl (C=O) groups excluding carboxylic acids is 1. The molecule has 1 saturated carbocycles. The van der Waals surface area contributed by atoms with Gasteiger partial charge in [0.1, 0.15) is 4.21 Å². The van der Waals surface area contributed by atoms with Crippen LogP contribution in [0.1, 0.15) is 73.8 Å². The van der Waals surface area contributed by atoms with Crippen molar-refractivity contribution in [2.45, 2.75) is 75.0 Å². The maximum Gasteiger partial charge on any atom is 0.151 e. The third-order valence-corrected chi connectivity index (χ3v) is 9.92. The zero-order chi connectivity index (χ0) is 21.7. The van der Waals surface area contributed by atoms with Crippen LogP contribution in [0.15, 0.2) is 27.8 Å². The van der Waals surface area contributed by atoms with E-state index in [4.69, 9.17) is 4.78 Å². The molecule has 1 aromatic heterocycles. The first-order valence-electron chi connectivity index (χ1n) is 10.8. The molecule has 6 heteroatoms. The molecule has 2 aliphatic rings. The number of nitrogens with one attached hydrogen (secondary N) is 1. The Morgan fingerprint density at radius 3 is 2.70 bits per heavy atom. The van der Waals surface area contributed by atoms with Crippen LogP contribution in [0.4, 0.5) is 0 Å². The normalized spacial score (nSPS) is 19.3. The van der Waals surface area contributed by atoms with Crippen molar-refractivity contribution in [2.24, 2.45) is 5.92 Å². The predicted octanol–water partition coefficient (Wildman–Crippen LogP) is 5.20. The van der Waals surface area contributed by atoms with Crippen LogP contribution in [0, 0.1) is 10.7 Å². The first-order valence-corrected chi connectivity index (χ1v) is 13.4. The number of rotatable bonds is 8. The molecule has 0 radical (unpaired) electrons. The van der Waals surface area contributed by atoms with E-state index in [1.807, 2.05) is 0 Å². The van der Waals surface area contributed by atoms with Gasteiger partial charge in [0.15, 0.2) is 5.78 Å². The molecule has 2 aromatic rings. The van der Waals surface area contributed by atoms with Crippen LogP contribution >= 0.6 is 11.3 Å². The lowest BCUT2D eigenvalue weighted by Crippen LogP contribution is -2.19. The molecular formula is C24H31NO3S2. The first kappa shape index (κ1) is 21.7. The zero-order valence-electron chi connectivity index (χ0n) is 18.0. The Bertz CT molecular complexity index is 1070. The third kappa shape index (κ3) is 4.41. The van der Waals surface area contributed by atoms with E-state index < -0.39 is 15.3 Å². The second-order valence-corrected chi connectivity index (χ2v) is 12.7. The Morgan fingerprint density at radius 1 is 1.33 bits per heavy atom. The number of benzene rings is 1. The lowest BCUT2D eigenvalue weighted by molar-refractivity contribution is -0.116. The molecule has 0 spiro atoms. The number of Topliss-reactive ketones (excluding diaryl/α,β-unsaturated/α-hetero) is 1. The molecule has 1 heterocycles. The minimum Gasteiger partial charge on any atom is -0.386 e. The summed E-state index contributed by atoms with van der Waals surface area (Å²) in [5.74, 6) is 0.772. The van der Waals surface area contributed by atoms with Crippen molar-refractivity contribution in [1.82, 2.24) is 0 Å². The van der Waals surface area contributed by atoms with Gasteiger partial charge in [-0.1, -0.05) is 19.1 Å². The van der Waals surface area contributed by atoms with E-state index in [1.165, 1.54) is 40.9 Å². The fourth-order valence-electron chi connectivity index (χ4n) is 4.60. The standard InChI is InChI=1S/C24H31NO3S2/c1-15(16-7-8-16)20-10-9-17-5-4-6-21(17)22(20)12-19(26)14-30(25,28)23-11-18(13-29-23)24(2,3)27/h9-11,13,15-16,25,27H,4-8,12,14H2,1-3H3/t15-,30-/m1/s1. The molecule has 2 N–H and O–H groups in total. The number of fused-ring (bicyclic) bond motifs is 1. The summed E-state index contributed by atoms with van der Waals surface area (Å²) in [6, 6.07) is 6.07. The summed E-state index contributed by atoms with van der Waals surface area (Å²) in [5, 5.41) is 11.9. The smallest absolute Gasteiger partial charge is 0.151 e. The molecule has 30 heavy (non-hydrogen) atoms. The van der Waals surface area contributed by atoms with Gasteiger partial charge in [0, 0.05) is 6.42 Å². The summed E-state index contributed by atoms with van der Waals surface area (Å²) in [5.41, 5.74) is 4.69. The van der Waals surface area contributed by atoms with Crippen LogP contribution in [0.5, 0.6) is 0 Å². The Hall–Kier alpha value is -1.50. The van der Waals surface area contributed by atoms with Crippen molar-refractivity contribution >= 4 is 26.8 Å². The van der Waals surface area contributed by atoms with Crippen molar-refractivity contribution in [3.05, 3.63) is 51.4 Å². The van der Waals surface area contributed by atoms with Crippen LogP contribution in [0.25, 0.3) is 0 Å². The summed E-state index contributed by atoms with van der Waals surface area (Å²) in [7, 11) is -3.21. The zero-order valence-corrected chi connectivity index (χ0v) is 19.6. The number of aliphatic hydroxyl groups is 1. The Balaban J connectivity index is 1.57. The Morgan fingerprint density at radius 2 is 2.07 bits per heavy atom. The van der Waals surface area contributed by atoms with Crippen molar-refractivity contribution in [3.8, 4) is 0 Å². The van der Waals surface area contributed by atoms with Gasteiger partial charge >= 0.3 is 0 Å². The highest BCUT2D eigenvalue weighted by atomic mass is 32.2. The molecule has 0 unspecified atom stereocenters. The summed E-state index contributed by atoms with van der Waals surface area (Å²) < 4.78 is 21.8. The van der Waals surface area contributed by atoms with E-state index >= 15 is 0 Å². The highest BCUT2D eigenvalue weighted by Gasteiger charge is 2.32. The molecule has 0 amide bonds. The van der Waals surface area contributed by atoms with Crippen molar-refractivity contribution < 1.29 is 14.1 Å². The van der Waals surface area contributed by atoms with Crippen molar-refractivity contribution in [1.29, 1.82) is 4.78 Å². The molecule has 4 rings (SSSR count). The van der Waals surface area contributed by atoms with Gasteiger partial charge in [-0.25, -0.2) is 8.99 Å². The second-order valence-electron chi connectivity index (χ2n) is 9.50. The lowest BCUT2D eigenvalue weighted by atomic mass is 9.86. The van der Waals surface area contributed by atoms with Crippen LogP contribution in [0.3, 0.4) is 0 Å². The van der Waals surface area contributed by atoms with Gasteiger partial charge in [-0.2, -0.15) is 0 Å². The van der Waals surface area contributed by atoms with E-state index in [2.05, 4.69) is 19.1 Å². The molecule has 0 saturated heterocycles. The first-order chi connectivity index (χ1) is 14.1. The van der Waals surface area contributed by atoms with Crippen LogP contribution in [-0.4, -0.2) is 20.9 Å². The number of hydrogen-bond donors (Lipinski definition) is 2. The Labute approximate surface area is 183 Å². The van der Waals surface area contributed by atoms with E-state index in [0.29, 0.717) is 21.6 Å². The van der Waals surface area contributed by atoms with E-state index in [-0.39, 0.29) is 18.0 Å². The molecule has 2 aliphatic carbocycles. The molecule has 0 bridgehead atoms. The molecule has 0 aliphatic heterocycles. The largest absolute Gasteiger partial charge is 0.386 e. The van der Waals surface area contributed by atoms with Gasteiger partial charge in [-0.15, -0.1) is 11.3 Å². The van der Waals surface area contributed by atoms with E-state index in [9.17, 15) is 14.1 Å². The van der Waals surface area contributed by atoms with Gasteiger partial charge in [0.2, 0.25) is 0 Å². The molecule has 1 aromatic carbocycles. The van der Waals surface area contributed by atoms with Crippen LogP contribution in [-0.2, 0) is 39.4 Å². The van der Waals surface area contributed by atoms with Gasteiger partial charge in [-0.05, 0) is 97.1 Å². The van der Waals surface area contributed by atoms with Gasteiger partial charge < -0.3 is 5.11 Å². The second kappa shape index (κ2) is 7.88. The summed E-state index contributed by atoms with van der Waals surface area (Å²) >= 11 is 1.20. The highest BCUT2D eigenvalue weighted by Crippen LogP contribution is 2.44. The SMILES string of the molecule is C[C@@H](c1ccc2c(c1CC(=O)C[S@@](=N)(=O)c1cc(C(C)(C)O)cs1)CCC2)C1CC1. The lowest BCUT2D eigenvalue weighted by Gasteiger charge is -2.20. The van der Waals surface area contributed by atoms with Crippen LogP contribution < -0.4 is 0 Å². The van der Waals surface area contributed by atoms with Crippen molar-refractivity contribution in [3.63, 3.8) is 0 Å². The summed E-state index contributed by atoms with van der Waals surface area (Å²) in [4.78, 5) is 13.0. The minimum absolute atomic E-state index is 0.127. The fraction of sp³-hybridized carbons (Fsp3) is 0.542. The number of carbonyl (C=O) groups is 1. The topological polar surface area (TPSA) is 78.2 Å². The number of aryl methyl sites for hydroxylation is 1. The number of thiophene rings is 1. The van der Waals surface area contributed by atoms with Crippen LogP contribution in [0.2, 0.25) is 0 Å². The molecule has 2 atom stereocenters. The summed E-state index contributed by atoms with van der Waals surface area (Å²) in [6.45, 7) is 5.59. The average molecular weight is 446 g/mol. The maximum absolute atomic E-state index is 13.1. The van der Waals surface area contributed by atoms with Crippen molar-refractivity contribution in [2.75, 3.05) is 5.75 Å². The minimum atomic E-state index is -3.21. The Kier molecular flexibility index (Phi) is 5.71.